The van der Waals surface area contributed by atoms with E-state index in [1.54, 1.807) is 17.0 Å². The number of carbonyl (C=O) groups is 2. The summed E-state index contributed by atoms with van der Waals surface area (Å²) in [5.41, 5.74) is 2.65. The SMILES string of the molecule is CCCCCCCCCCCCCCCCN1C(=O)C(=O)/C(=C(/O)c2cccc(Br)c2)[C@H]1c1ccc(C)cc1. The highest BCUT2D eigenvalue weighted by Crippen LogP contribution is 2.40. The molecular formula is C34H46BrNO3. The van der Waals surface area contributed by atoms with Crippen LogP contribution in [0.2, 0.25) is 0 Å². The molecule has 0 unspecified atom stereocenters. The third-order valence-corrected chi connectivity index (χ3v) is 8.28. The van der Waals surface area contributed by atoms with E-state index >= 15 is 0 Å². The van der Waals surface area contributed by atoms with Crippen molar-refractivity contribution in [3.8, 4) is 0 Å². The summed E-state index contributed by atoms with van der Waals surface area (Å²) < 4.78 is 0.801. The van der Waals surface area contributed by atoms with E-state index in [4.69, 9.17) is 0 Å². The highest BCUT2D eigenvalue weighted by atomic mass is 79.9. The summed E-state index contributed by atoms with van der Waals surface area (Å²) in [7, 11) is 0. The molecule has 0 radical (unpaired) electrons. The van der Waals surface area contributed by atoms with Crippen LogP contribution in [0.1, 0.15) is 120 Å². The van der Waals surface area contributed by atoms with Crippen LogP contribution in [-0.2, 0) is 9.59 Å². The quantitative estimate of drug-likeness (QED) is 0.0856. The summed E-state index contributed by atoms with van der Waals surface area (Å²) in [5.74, 6) is -1.25. The van der Waals surface area contributed by atoms with Gasteiger partial charge in [0.05, 0.1) is 11.6 Å². The number of halogens is 1. The first-order valence-electron chi connectivity index (χ1n) is 15.0. The Morgan fingerprint density at radius 1 is 0.795 bits per heavy atom. The fraction of sp³-hybridized carbons (Fsp3) is 0.529. The van der Waals surface area contributed by atoms with Crippen molar-refractivity contribution in [3.05, 3.63) is 75.3 Å². The lowest BCUT2D eigenvalue weighted by Crippen LogP contribution is -2.30. The van der Waals surface area contributed by atoms with E-state index in [-0.39, 0.29) is 11.3 Å². The normalized spacial score (nSPS) is 16.8. The molecule has 1 amide bonds. The molecule has 0 saturated carbocycles. The van der Waals surface area contributed by atoms with Crippen molar-refractivity contribution in [2.75, 3.05) is 6.54 Å². The van der Waals surface area contributed by atoms with Gasteiger partial charge in [0.2, 0.25) is 0 Å². The average molecular weight is 597 g/mol. The van der Waals surface area contributed by atoms with Gasteiger partial charge in [-0.15, -0.1) is 0 Å². The van der Waals surface area contributed by atoms with Gasteiger partial charge in [-0.2, -0.15) is 0 Å². The second-order valence-electron chi connectivity index (χ2n) is 11.0. The number of unbranched alkanes of at least 4 members (excludes halogenated alkanes) is 13. The maximum atomic E-state index is 13.2. The van der Waals surface area contributed by atoms with E-state index in [9.17, 15) is 14.7 Å². The largest absolute Gasteiger partial charge is 0.507 e. The van der Waals surface area contributed by atoms with Crippen LogP contribution in [-0.4, -0.2) is 28.2 Å². The Balaban J connectivity index is 1.53. The van der Waals surface area contributed by atoms with Gasteiger partial charge in [0.1, 0.15) is 5.76 Å². The Hall–Kier alpha value is -2.40. The highest BCUT2D eigenvalue weighted by Gasteiger charge is 2.45. The highest BCUT2D eigenvalue weighted by molar-refractivity contribution is 9.10. The third-order valence-electron chi connectivity index (χ3n) is 7.78. The number of ketones is 1. The molecular weight excluding hydrogens is 550 g/mol. The van der Waals surface area contributed by atoms with E-state index in [2.05, 4.69) is 22.9 Å². The monoisotopic (exact) mass is 595 g/mol. The molecule has 39 heavy (non-hydrogen) atoms. The average Bonchev–Trinajstić information content (AvgIpc) is 3.18. The van der Waals surface area contributed by atoms with Crippen molar-refractivity contribution in [2.24, 2.45) is 0 Å². The van der Waals surface area contributed by atoms with Crippen LogP contribution in [0, 0.1) is 6.92 Å². The number of nitrogens with zero attached hydrogens (tertiary/aromatic N) is 1. The van der Waals surface area contributed by atoms with Crippen LogP contribution in [0.5, 0.6) is 0 Å². The van der Waals surface area contributed by atoms with Gasteiger partial charge in [0.15, 0.2) is 0 Å². The van der Waals surface area contributed by atoms with Crippen LogP contribution in [0.15, 0.2) is 58.6 Å². The Bertz CT molecular complexity index is 1090. The molecule has 1 atom stereocenters. The van der Waals surface area contributed by atoms with E-state index < -0.39 is 17.7 Å². The Labute approximate surface area is 244 Å². The zero-order valence-electron chi connectivity index (χ0n) is 23.9. The number of benzene rings is 2. The number of carbonyl (C=O) groups excluding carboxylic acids is 2. The van der Waals surface area contributed by atoms with E-state index in [1.165, 1.54) is 70.6 Å². The summed E-state index contributed by atoms with van der Waals surface area (Å²) >= 11 is 3.44. The number of aryl methyl sites for hydroxylation is 1. The summed E-state index contributed by atoms with van der Waals surface area (Å²) in [6.45, 7) is 4.79. The Morgan fingerprint density at radius 3 is 1.87 bits per heavy atom. The van der Waals surface area contributed by atoms with Gasteiger partial charge in [0.25, 0.3) is 11.7 Å². The first kappa shape index (κ1) is 31.1. The van der Waals surface area contributed by atoms with Gasteiger partial charge in [0, 0.05) is 16.6 Å². The number of hydrogen-bond donors (Lipinski definition) is 1. The van der Waals surface area contributed by atoms with Crippen LogP contribution in [0.4, 0.5) is 0 Å². The second-order valence-corrected chi connectivity index (χ2v) is 11.9. The van der Waals surface area contributed by atoms with Crippen molar-refractivity contribution in [2.45, 2.75) is 110 Å². The maximum absolute atomic E-state index is 13.2. The van der Waals surface area contributed by atoms with Crippen LogP contribution in [0.3, 0.4) is 0 Å². The van der Waals surface area contributed by atoms with Gasteiger partial charge >= 0.3 is 0 Å². The second kappa shape index (κ2) is 16.6. The molecule has 1 aliphatic rings. The first-order valence-corrected chi connectivity index (χ1v) is 15.8. The van der Waals surface area contributed by atoms with Gasteiger partial charge in [-0.3, -0.25) is 9.59 Å². The van der Waals surface area contributed by atoms with E-state index in [0.717, 1.165) is 34.9 Å². The number of rotatable bonds is 17. The number of hydrogen-bond acceptors (Lipinski definition) is 3. The molecule has 2 aromatic carbocycles. The van der Waals surface area contributed by atoms with Crippen molar-refractivity contribution >= 4 is 33.4 Å². The van der Waals surface area contributed by atoms with Gasteiger partial charge < -0.3 is 10.0 Å². The summed E-state index contributed by atoms with van der Waals surface area (Å²) in [5, 5.41) is 11.2. The lowest BCUT2D eigenvalue weighted by atomic mass is 9.94. The summed E-state index contributed by atoms with van der Waals surface area (Å²) in [4.78, 5) is 28.0. The first-order chi connectivity index (χ1) is 18.9. The summed E-state index contributed by atoms with van der Waals surface area (Å²) in [6, 6.07) is 14.5. The van der Waals surface area contributed by atoms with Gasteiger partial charge in [-0.1, -0.05) is 148 Å². The Morgan fingerprint density at radius 2 is 1.33 bits per heavy atom. The molecule has 4 nitrogen and oxygen atoms in total. The fourth-order valence-corrected chi connectivity index (χ4v) is 5.87. The molecule has 1 saturated heterocycles. The number of amides is 1. The maximum Gasteiger partial charge on any atom is 0.295 e. The standard InChI is InChI=1S/C34H46BrNO3/c1-3-4-5-6-7-8-9-10-11-12-13-14-15-16-24-36-31(27-22-20-26(2)21-23-27)30(33(38)34(36)39)32(37)28-18-17-19-29(35)25-28/h17-23,25,31,37H,3-16,24H2,1-2H3/b32-30+/t31-/m1/s1. The molecule has 0 aliphatic carbocycles. The predicted molar refractivity (Wildman–Crippen MR) is 165 cm³/mol. The lowest BCUT2D eigenvalue weighted by molar-refractivity contribution is -0.139. The van der Waals surface area contributed by atoms with Gasteiger partial charge in [-0.25, -0.2) is 0 Å². The van der Waals surface area contributed by atoms with E-state index in [0.29, 0.717) is 12.1 Å². The molecule has 0 bridgehead atoms. The van der Waals surface area contributed by atoms with Crippen molar-refractivity contribution in [1.82, 2.24) is 4.90 Å². The molecule has 0 aromatic heterocycles. The molecule has 3 rings (SSSR count). The van der Waals surface area contributed by atoms with Crippen molar-refractivity contribution in [1.29, 1.82) is 0 Å². The third kappa shape index (κ3) is 9.34. The fourth-order valence-electron chi connectivity index (χ4n) is 5.47. The topological polar surface area (TPSA) is 57.6 Å². The number of aliphatic hydroxyl groups excluding tert-OH is 1. The number of likely N-dealkylation sites (tertiary alicyclic amines) is 1. The minimum absolute atomic E-state index is 0.122. The van der Waals surface area contributed by atoms with Crippen molar-refractivity contribution in [3.63, 3.8) is 0 Å². The van der Waals surface area contributed by atoms with E-state index in [1.807, 2.05) is 43.3 Å². The smallest absolute Gasteiger partial charge is 0.295 e. The van der Waals surface area contributed by atoms with Gasteiger partial charge in [-0.05, 0) is 31.0 Å². The number of Topliss-reactive ketones (excluding diaryl/α,β-unsaturated/α-hetero) is 1. The minimum atomic E-state index is -0.608. The minimum Gasteiger partial charge on any atom is -0.507 e. The zero-order valence-corrected chi connectivity index (χ0v) is 25.5. The molecule has 2 aromatic rings. The van der Waals surface area contributed by atoms with Crippen LogP contribution >= 0.6 is 15.9 Å². The van der Waals surface area contributed by atoms with Crippen LogP contribution < -0.4 is 0 Å². The summed E-state index contributed by atoms with van der Waals surface area (Å²) in [6.07, 6.45) is 17.8. The molecule has 5 heteroatoms. The molecule has 1 fully saturated rings. The molecule has 1 heterocycles. The van der Waals surface area contributed by atoms with Crippen molar-refractivity contribution < 1.29 is 14.7 Å². The Kier molecular flexibility index (Phi) is 13.3. The molecule has 212 valence electrons. The molecule has 0 spiro atoms. The molecule has 1 N–H and O–H groups in total. The zero-order chi connectivity index (χ0) is 28.0. The lowest BCUT2D eigenvalue weighted by Gasteiger charge is -2.25. The predicted octanol–water partition coefficient (Wildman–Crippen LogP) is 9.66. The number of aliphatic hydroxyl groups is 1. The van der Waals surface area contributed by atoms with Crippen LogP contribution in [0.25, 0.3) is 5.76 Å². The molecule has 1 aliphatic heterocycles.